The molecule has 3 aromatic carbocycles. The van der Waals surface area contributed by atoms with E-state index in [2.05, 4.69) is 43.4 Å². The first-order valence-corrected chi connectivity index (χ1v) is 16.3. The smallest absolute Gasteiger partial charge is 0.223 e. The summed E-state index contributed by atoms with van der Waals surface area (Å²) in [7, 11) is 3.06. The van der Waals surface area contributed by atoms with E-state index in [1.165, 1.54) is 19.3 Å². The minimum atomic E-state index is -2.22. The van der Waals surface area contributed by atoms with Crippen LogP contribution < -0.4 is 4.74 Å². The molecule has 4 rings (SSSR count). The van der Waals surface area contributed by atoms with E-state index >= 15 is 0 Å². The standard InChI is InChI=1S/C31H39NO3Si/c1-32(2)31(34)30(36(4,5)27-13-7-6-8-14-27)28(29(33)23-17-19-26(35-3)20-18-23)25-16-15-22-11-9-10-12-24(22)21-25/h9-12,15-21,27-28,30H,6-8,13-14H2,1-5H3/t28-,30-/m1/s1. The molecule has 5 heteroatoms. The molecule has 0 aromatic heterocycles. The lowest BCUT2D eigenvalue weighted by Crippen LogP contribution is -2.50. The third-order valence-corrected chi connectivity index (χ3v) is 13.2. The molecule has 0 aliphatic heterocycles. The van der Waals surface area contributed by atoms with Crippen molar-refractivity contribution in [3.8, 4) is 5.75 Å². The summed E-state index contributed by atoms with van der Waals surface area (Å²) in [5.41, 5.74) is 1.75. The zero-order valence-corrected chi connectivity index (χ0v) is 23.3. The first kappa shape index (κ1) is 26.1. The van der Waals surface area contributed by atoms with E-state index in [9.17, 15) is 9.59 Å². The molecule has 0 radical (unpaired) electrons. The van der Waals surface area contributed by atoms with Gasteiger partial charge in [0.15, 0.2) is 5.78 Å². The van der Waals surface area contributed by atoms with Gasteiger partial charge in [0.2, 0.25) is 5.91 Å². The number of amides is 1. The molecular formula is C31H39NO3Si. The number of ketones is 1. The van der Waals surface area contributed by atoms with Gasteiger partial charge in [-0.3, -0.25) is 9.59 Å². The van der Waals surface area contributed by atoms with Crippen LogP contribution >= 0.6 is 0 Å². The molecule has 4 nitrogen and oxygen atoms in total. The summed E-state index contributed by atoms with van der Waals surface area (Å²) < 4.78 is 5.33. The molecule has 0 N–H and O–H groups in total. The van der Waals surface area contributed by atoms with Crippen LogP contribution in [0.2, 0.25) is 24.2 Å². The predicted molar refractivity (Wildman–Crippen MR) is 151 cm³/mol. The number of carbonyl (C=O) groups excluding carboxylic acids is 2. The molecule has 1 amide bonds. The lowest BCUT2D eigenvalue weighted by Gasteiger charge is -2.44. The number of hydrogen-bond donors (Lipinski definition) is 0. The Labute approximate surface area is 216 Å². The van der Waals surface area contributed by atoms with Crippen molar-refractivity contribution in [2.24, 2.45) is 0 Å². The fraction of sp³-hybridized carbons (Fsp3) is 0.419. The average molecular weight is 502 g/mol. The van der Waals surface area contributed by atoms with E-state index in [-0.39, 0.29) is 17.2 Å². The molecule has 1 aliphatic carbocycles. The molecule has 0 bridgehead atoms. The van der Waals surface area contributed by atoms with Crippen molar-refractivity contribution in [2.75, 3.05) is 21.2 Å². The number of Topliss-reactive ketones (excluding diaryl/α,β-unsaturated/α-hetero) is 1. The summed E-state index contributed by atoms with van der Waals surface area (Å²) in [5.74, 6) is 0.287. The molecule has 1 aliphatic rings. The van der Waals surface area contributed by atoms with Crippen molar-refractivity contribution in [1.82, 2.24) is 4.90 Å². The number of hydrogen-bond acceptors (Lipinski definition) is 3. The maximum Gasteiger partial charge on any atom is 0.223 e. The number of rotatable bonds is 8. The van der Waals surface area contributed by atoms with E-state index in [4.69, 9.17) is 4.74 Å². The third-order valence-electron chi connectivity index (χ3n) is 8.29. The van der Waals surface area contributed by atoms with Gasteiger partial charge >= 0.3 is 0 Å². The van der Waals surface area contributed by atoms with Gasteiger partial charge in [-0.25, -0.2) is 0 Å². The largest absolute Gasteiger partial charge is 0.497 e. The van der Waals surface area contributed by atoms with Gasteiger partial charge in [0.25, 0.3) is 0 Å². The first-order chi connectivity index (χ1) is 17.2. The Bertz CT molecular complexity index is 1210. The van der Waals surface area contributed by atoms with Crippen molar-refractivity contribution < 1.29 is 14.3 Å². The second kappa shape index (κ2) is 11.0. The zero-order valence-electron chi connectivity index (χ0n) is 22.3. The molecular weight excluding hydrogens is 462 g/mol. The lowest BCUT2D eigenvalue weighted by molar-refractivity contribution is -0.129. The molecule has 1 saturated carbocycles. The van der Waals surface area contributed by atoms with E-state index < -0.39 is 14.0 Å². The fourth-order valence-corrected chi connectivity index (χ4v) is 10.6. The van der Waals surface area contributed by atoms with Crippen LogP contribution in [0.1, 0.15) is 53.9 Å². The number of fused-ring (bicyclic) bond motifs is 1. The number of carbonyl (C=O) groups is 2. The van der Waals surface area contributed by atoms with Crippen LogP contribution in [0.15, 0.2) is 66.7 Å². The van der Waals surface area contributed by atoms with Gasteiger partial charge in [0.05, 0.1) is 21.1 Å². The Balaban J connectivity index is 1.89. The summed E-state index contributed by atoms with van der Waals surface area (Å²) in [5, 5.41) is 2.23. The topological polar surface area (TPSA) is 46.6 Å². The summed E-state index contributed by atoms with van der Waals surface area (Å²) in [6, 6.07) is 21.8. The Kier molecular flexibility index (Phi) is 7.99. The Morgan fingerprint density at radius 1 is 0.889 bits per heavy atom. The van der Waals surface area contributed by atoms with Crippen LogP contribution in [0.5, 0.6) is 5.75 Å². The fourth-order valence-electron chi connectivity index (χ4n) is 6.10. The van der Waals surface area contributed by atoms with E-state index in [0.717, 1.165) is 29.2 Å². The molecule has 36 heavy (non-hydrogen) atoms. The highest BCUT2D eigenvalue weighted by molar-refractivity contribution is 6.83. The van der Waals surface area contributed by atoms with Gasteiger partial charge in [-0.1, -0.05) is 87.7 Å². The van der Waals surface area contributed by atoms with Gasteiger partial charge in [0.1, 0.15) is 5.75 Å². The Hall–Kier alpha value is -2.92. The minimum absolute atomic E-state index is 0.0181. The highest BCUT2D eigenvalue weighted by Crippen LogP contribution is 2.50. The van der Waals surface area contributed by atoms with Crippen LogP contribution in [0.3, 0.4) is 0 Å². The average Bonchev–Trinajstić information content (AvgIpc) is 2.91. The number of ether oxygens (including phenoxy) is 1. The molecule has 0 saturated heterocycles. The maximum atomic E-state index is 14.4. The van der Waals surface area contributed by atoms with Crippen molar-refractivity contribution in [3.63, 3.8) is 0 Å². The van der Waals surface area contributed by atoms with Gasteiger partial charge in [-0.05, 0) is 46.1 Å². The summed E-state index contributed by atoms with van der Waals surface area (Å²) in [4.78, 5) is 30.1. The monoisotopic (exact) mass is 501 g/mol. The van der Waals surface area contributed by atoms with Gasteiger partial charge < -0.3 is 9.64 Å². The van der Waals surface area contributed by atoms with E-state index in [1.54, 1.807) is 12.0 Å². The highest BCUT2D eigenvalue weighted by Gasteiger charge is 2.50. The normalized spacial score (nSPS) is 16.4. The Morgan fingerprint density at radius 3 is 2.14 bits per heavy atom. The van der Waals surface area contributed by atoms with Gasteiger partial charge in [-0.2, -0.15) is 0 Å². The maximum absolute atomic E-state index is 14.4. The number of benzene rings is 3. The molecule has 0 heterocycles. The lowest BCUT2D eigenvalue weighted by atomic mass is 9.86. The van der Waals surface area contributed by atoms with Gasteiger partial charge in [-0.15, -0.1) is 0 Å². The van der Waals surface area contributed by atoms with Crippen molar-refractivity contribution >= 4 is 30.5 Å². The minimum Gasteiger partial charge on any atom is -0.497 e. The third kappa shape index (κ3) is 5.26. The molecule has 3 aromatic rings. The number of methoxy groups -OCH3 is 1. The quantitative estimate of drug-likeness (QED) is 0.240. The van der Waals surface area contributed by atoms with Crippen LogP contribution in [-0.4, -0.2) is 45.9 Å². The second-order valence-corrected chi connectivity index (χ2v) is 16.1. The SMILES string of the molecule is COc1ccc(C(=O)[C@@H](c2ccc3ccccc3c2)[C@H](C(=O)N(C)C)[Si](C)(C)C2CCCCC2)cc1. The van der Waals surface area contributed by atoms with Gasteiger partial charge in [0, 0.05) is 25.2 Å². The predicted octanol–water partition coefficient (Wildman–Crippen LogP) is 7.32. The summed E-state index contributed by atoms with van der Waals surface area (Å²) in [6.45, 7) is 4.70. The molecule has 2 atom stereocenters. The second-order valence-electron chi connectivity index (χ2n) is 11.0. The van der Waals surface area contributed by atoms with Crippen molar-refractivity contribution in [3.05, 3.63) is 77.9 Å². The zero-order chi connectivity index (χ0) is 25.9. The summed E-state index contributed by atoms with van der Waals surface area (Å²) >= 11 is 0. The molecule has 0 unspecified atom stereocenters. The first-order valence-electron chi connectivity index (χ1n) is 13.1. The molecule has 0 spiro atoms. The van der Waals surface area contributed by atoms with Crippen LogP contribution in [-0.2, 0) is 4.79 Å². The highest BCUT2D eigenvalue weighted by atomic mass is 28.3. The van der Waals surface area contributed by atoms with E-state index in [1.807, 2.05) is 50.5 Å². The van der Waals surface area contributed by atoms with Crippen molar-refractivity contribution in [1.29, 1.82) is 0 Å². The van der Waals surface area contributed by atoms with E-state index in [0.29, 0.717) is 16.9 Å². The summed E-state index contributed by atoms with van der Waals surface area (Å²) in [6.07, 6.45) is 6.04. The Morgan fingerprint density at radius 2 is 1.53 bits per heavy atom. The van der Waals surface area contributed by atoms with Crippen LogP contribution in [0, 0.1) is 0 Å². The molecule has 190 valence electrons. The van der Waals surface area contributed by atoms with Crippen molar-refractivity contribution in [2.45, 2.75) is 62.2 Å². The van der Waals surface area contributed by atoms with Crippen LogP contribution in [0.4, 0.5) is 0 Å². The number of nitrogens with zero attached hydrogens (tertiary/aromatic N) is 1. The molecule has 1 fully saturated rings. The van der Waals surface area contributed by atoms with Crippen LogP contribution in [0.25, 0.3) is 10.8 Å².